The Bertz CT molecular complexity index is 1330. The van der Waals surface area contributed by atoms with Crippen molar-refractivity contribution in [3.05, 3.63) is 72.3 Å². The summed E-state index contributed by atoms with van der Waals surface area (Å²) in [5, 5.41) is 7.88. The molecule has 0 N–H and O–H groups in total. The van der Waals surface area contributed by atoms with Crippen molar-refractivity contribution < 1.29 is 22.5 Å². The summed E-state index contributed by atoms with van der Waals surface area (Å²) in [5.41, 5.74) is -0.0719. The van der Waals surface area contributed by atoms with Crippen LogP contribution in [0.1, 0.15) is 34.8 Å². The van der Waals surface area contributed by atoms with Gasteiger partial charge in [0.15, 0.2) is 5.82 Å². The maximum atomic E-state index is 13.0. The van der Waals surface area contributed by atoms with Crippen molar-refractivity contribution in [1.82, 2.24) is 39.7 Å². The van der Waals surface area contributed by atoms with E-state index >= 15 is 0 Å². The fourth-order valence-corrected chi connectivity index (χ4v) is 3.98. The van der Waals surface area contributed by atoms with Crippen LogP contribution < -0.4 is 0 Å². The van der Waals surface area contributed by atoms with Gasteiger partial charge in [0.2, 0.25) is 11.7 Å². The number of amides is 1. The maximum absolute atomic E-state index is 13.0. The molecule has 1 saturated heterocycles. The van der Waals surface area contributed by atoms with Crippen LogP contribution in [0.25, 0.3) is 17.2 Å². The summed E-state index contributed by atoms with van der Waals surface area (Å²) < 4.78 is 45.9. The molecular weight excluding hydrogens is 477 g/mol. The average Bonchev–Trinajstić information content (AvgIpc) is 3.61. The topological polar surface area (TPSA) is 106 Å². The lowest BCUT2D eigenvalue weighted by atomic mass is 10.1. The zero-order chi connectivity index (χ0) is 25.3. The zero-order valence-corrected chi connectivity index (χ0v) is 19.1. The number of pyridine rings is 1. The van der Waals surface area contributed by atoms with Crippen molar-refractivity contribution in [2.24, 2.45) is 0 Å². The first-order chi connectivity index (χ1) is 17.3. The highest BCUT2D eigenvalue weighted by Gasteiger charge is 2.31. The Morgan fingerprint density at radius 3 is 2.58 bits per heavy atom. The van der Waals surface area contributed by atoms with E-state index in [1.807, 2.05) is 6.92 Å². The molecule has 1 atom stereocenters. The largest absolute Gasteiger partial charge is 0.416 e. The van der Waals surface area contributed by atoms with E-state index < -0.39 is 11.7 Å². The predicted octanol–water partition coefficient (Wildman–Crippen LogP) is 3.25. The van der Waals surface area contributed by atoms with Crippen LogP contribution in [-0.4, -0.2) is 71.8 Å². The van der Waals surface area contributed by atoms with E-state index in [4.69, 9.17) is 4.52 Å². The molecule has 1 fully saturated rings. The fraction of sp³-hybridized carbons (Fsp3) is 0.304. The number of carbonyl (C=O) groups is 1. The SMILES string of the molecule is CC(c1nc(-c2cccc(C(F)(F)F)c2)no1)N1CCN(C(=O)c2ccc(-n3cncn3)nc2)CC1. The molecule has 4 heterocycles. The molecule has 0 saturated carbocycles. The quantitative estimate of drug-likeness (QED) is 0.413. The summed E-state index contributed by atoms with van der Waals surface area (Å²) in [6, 6.07) is 7.95. The molecule has 1 aromatic carbocycles. The number of hydrogen-bond acceptors (Lipinski definition) is 8. The second kappa shape index (κ2) is 9.49. The molecule has 0 aliphatic carbocycles. The van der Waals surface area contributed by atoms with Crippen LogP contribution in [0.4, 0.5) is 13.2 Å². The Hall–Kier alpha value is -4.13. The predicted molar refractivity (Wildman–Crippen MR) is 120 cm³/mol. The van der Waals surface area contributed by atoms with E-state index in [9.17, 15) is 18.0 Å². The van der Waals surface area contributed by atoms with Gasteiger partial charge in [0, 0.05) is 37.9 Å². The number of benzene rings is 1. The first-order valence-corrected chi connectivity index (χ1v) is 11.2. The summed E-state index contributed by atoms with van der Waals surface area (Å²) in [5.74, 6) is 0.838. The Labute approximate surface area is 203 Å². The minimum Gasteiger partial charge on any atom is -0.337 e. The number of aromatic nitrogens is 6. The van der Waals surface area contributed by atoms with Gasteiger partial charge >= 0.3 is 6.18 Å². The van der Waals surface area contributed by atoms with Crippen LogP contribution >= 0.6 is 0 Å². The second-order valence-corrected chi connectivity index (χ2v) is 8.28. The molecule has 1 aliphatic heterocycles. The number of rotatable bonds is 5. The minimum atomic E-state index is -4.46. The highest BCUT2D eigenvalue weighted by Crippen LogP contribution is 2.32. The van der Waals surface area contributed by atoms with Gasteiger partial charge in [-0.1, -0.05) is 17.3 Å². The van der Waals surface area contributed by atoms with Gasteiger partial charge in [-0.15, -0.1) is 0 Å². The summed E-state index contributed by atoms with van der Waals surface area (Å²) in [4.78, 5) is 29.2. The smallest absolute Gasteiger partial charge is 0.337 e. The maximum Gasteiger partial charge on any atom is 0.416 e. The van der Waals surface area contributed by atoms with Crippen LogP contribution in [-0.2, 0) is 6.18 Å². The molecule has 1 amide bonds. The standard InChI is InChI=1S/C23H21F3N8O2/c1-15(21-30-20(31-36-21)16-3-2-4-18(11-16)23(24,25)26)32-7-9-33(10-8-32)22(35)17-5-6-19(28-12-17)34-14-27-13-29-34/h2-6,11-15H,7-10H2,1H3. The summed E-state index contributed by atoms with van der Waals surface area (Å²) in [6.07, 6.45) is -0.0116. The van der Waals surface area contributed by atoms with E-state index in [-0.39, 0.29) is 23.3 Å². The van der Waals surface area contributed by atoms with Gasteiger partial charge in [0.05, 0.1) is 17.2 Å². The Kier molecular flexibility index (Phi) is 6.22. The van der Waals surface area contributed by atoms with Crippen molar-refractivity contribution in [2.45, 2.75) is 19.1 Å². The number of piperazine rings is 1. The molecule has 0 spiro atoms. The molecule has 1 unspecified atom stereocenters. The number of alkyl halides is 3. The Morgan fingerprint density at radius 2 is 1.92 bits per heavy atom. The third kappa shape index (κ3) is 4.82. The Balaban J connectivity index is 1.20. The summed E-state index contributed by atoms with van der Waals surface area (Å²) in [6.45, 7) is 4.00. The Morgan fingerprint density at radius 1 is 1.11 bits per heavy atom. The first-order valence-electron chi connectivity index (χ1n) is 11.2. The van der Waals surface area contributed by atoms with Gasteiger partial charge < -0.3 is 9.42 Å². The number of carbonyl (C=O) groups excluding carboxylic acids is 1. The number of nitrogens with zero attached hydrogens (tertiary/aromatic N) is 8. The third-order valence-electron chi connectivity index (χ3n) is 6.04. The summed E-state index contributed by atoms with van der Waals surface area (Å²) in [7, 11) is 0. The highest BCUT2D eigenvalue weighted by atomic mass is 19.4. The van der Waals surface area contributed by atoms with Crippen molar-refractivity contribution in [3.8, 4) is 17.2 Å². The molecule has 3 aromatic heterocycles. The van der Waals surface area contributed by atoms with Crippen LogP contribution in [0.3, 0.4) is 0 Å². The lowest BCUT2D eigenvalue weighted by Gasteiger charge is -2.36. The van der Waals surface area contributed by atoms with Gasteiger partial charge in [-0.3, -0.25) is 9.69 Å². The van der Waals surface area contributed by atoms with Crippen molar-refractivity contribution in [3.63, 3.8) is 0 Å². The van der Waals surface area contributed by atoms with Crippen LogP contribution in [0.15, 0.2) is 59.8 Å². The lowest BCUT2D eigenvalue weighted by molar-refractivity contribution is -0.137. The monoisotopic (exact) mass is 498 g/mol. The van der Waals surface area contributed by atoms with Crippen molar-refractivity contribution >= 4 is 5.91 Å². The fourth-order valence-electron chi connectivity index (χ4n) is 3.98. The molecule has 5 rings (SSSR count). The third-order valence-corrected chi connectivity index (χ3v) is 6.04. The van der Waals surface area contributed by atoms with Crippen LogP contribution in [0, 0.1) is 0 Å². The molecule has 186 valence electrons. The van der Waals surface area contributed by atoms with Gasteiger partial charge in [0.1, 0.15) is 12.7 Å². The molecule has 1 aliphatic rings. The molecule has 13 heteroatoms. The molecule has 36 heavy (non-hydrogen) atoms. The van der Waals surface area contributed by atoms with Crippen LogP contribution in [0.5, 0.6) is 0 Å². The van der Waals surface area contributed by atoms with Crippen LogP contribution in [0.2, 0.25) is 0 Å². The van der Waals surface area contributed by atoms with Gasteiger partial charge in [-0.25, -0.2) is 14.6 Å². The van der Waals surface area contributed by atoms with Crippen molar-refractivity contribution in [2.75, 3.05) is 26.2 Å². The minimum absolute atomic E-state index is 0.0959. The van der Waals surface area contributed by atoms with E-state index in [0.717, 1.165) is 12.1 Å². The lowest BCUT2D eigenvalue weighted by Crippen LogP contribution is -2.49. The van der Waals surface area contributed by atoms with Gasteiger partial charge in [-0.05, 0) is 31.2 Å². The van der Waals surface area contributed by atoms with E-state index in [2.05, 4.69) is 30.1 Å². The molecule has 0 bridgehead atoms. The zero-order valence-electron chi connectivity index (χ0n) is 19.1. The van der Waals surface area contributed by atoms with E-state index in [1.165, 1.54) is 35.7 Å². The van der Waals surface area contributed by atoms with E-state index in [0.29, 0.717) is 43.5 Å². The van der Waals surface area contributed by atoms with E-state index in [1.54, 1.807) is 17.0 Å². The molecule has 10 nitrogen and oxygen atoms in total. The van der Waals surface area contributed by atoms with Crippen molar-refractivity contribution in [1.29, 1.82) is 0 Å². The molecular formula is C23H21F3N8O2. The average molecular weight is 498 g/mol. The molecule has 4 aromatic rings. The van der Waals surface area contributed by atoms with Gasteiger partial charge in [0.25, 0.3) is 5.91 Å². The first kappa shape index (κ1) is 23.6. The summed E-state index contributed by atoms with van der Waals surface area (Å²) >= 11 is 0. The second-order valence-electron chi connectivity index (χ2n) is 8.28. The number of hydrogen-bond donors (Lipinski definition) is 0. The highest BCUT2D eigenvalue weighted by molar-refractivity contribution is 5.94. The normalized spacial score (nSPS) is 15.7. The molecule has 0 radical (unpaired) electrons. The van der Waals surface area contributed by atoms with Gasteiger partial charge in [-0.2, -0.15) is 23.3 Å². The number of halogens is 3.